The molecule has 0 unspecified atom stereocenters. The summed E-state index contributed by atoms with van der Waals surface area (Å²) in [4.78, 5) is 25.8. The minimum atomic E-state index is -1.07. The Hall–Kier alpha value is -2.15. The third-order valence-corrected chi connectivity index (χ3v) is 2.56. The number of hydrogen-bond acceptors (Lipinski definition) is 4. The van der Waals surface area contributed by atoms with Crippen LogP contribution in [0, 0.1) is 0 Å². The molecule has 0 saturated heterocycles. The standard InChI is InChI=1S/C13H19N3O4/c1-20-7-3-2-6-14-13(19)16-9-10-4-5-11(12(17)18)15-8-10/h4-5,8H,2-3,6-7,9H2,1H3,(H,17,18)(H2,14,16,19). The lowest BCUT2D eigenvalue weighted by Crippen LogP contribution is -2.35. The molecule has 0 aromatic carbocycles. The average Bonchev–Trinajstić information content (AvgIpc) is 2.45. The number of carbonyl (C=O) groups is 2. The Morgan fingerprint density at radius 2 is 2.10 bits per heavy atom. The topological polar surface area (TPSA) is 101 Å². The summed E-state index contributed by atoms with van der Waals surface area (Å²) >= 11 is 0. The molecule has 1 heterocycles. The van der Waals surface area contributed by atoms with Crippen LogP contribution in [0.4, 0.5) is 4.79 Å². The Labute approximate surface area is 117 Å². The van der Waals surface area contributed by atoms with Crippen molar-refractivity contribution in [3.05, 3.63) is 29.6 Å². The van der Waals surface area contributed by atoms with Gasteiger partial charge in [0.1, 0.15) is 5.69 Å². The molecule has 0 aliphatic carbocycles. The van der Waals surface area contributed by atoms with Crippen LogP contribution in [0.15, 0.2) is 18.3 Å². The SMILES string of the molecule is COCCCCNC(=O)NCc1ccc(C(=O)O)nc1. The number of amides is 2. The van der Waals surface area contributed by atoms with Crippen molar-refractivity contribution in [3.63, 3.8) is 0 Å². The molecule has 0 aliphatic rings. The van der Waals surface area contributed by atoms with Crippen LogP contribution in [0.2, 0.25) is 0 Å². The highest BCUT2D eigenvalue weighted by atomic mass is 16.5. The summed E-state index contributed by atoms with van der Waals surface area (Å²) in [5.41, 5.74) is 0.723. The predicted molar refractivity (Wildman–Crippen MR) is 72.5 cm³/mol. The summed E-state index contributed by atoms with van der Waals surface area (Å²) in [5.74, 6) is -1.07. The summed E-state index contributed by atoms with van der Waals surface area (Å²) in [7, 11) is 1.64. The monoisotopic (exact) mass is 281 g/mol. The lowest BCUT2D eigenvalue weighted by Gasteiger charge is -2.07. The van der Waals surface area contributed by atoms with Crippen LogP contribution in [-0.2, 0) is 11.3 Å². The molecule has 2 amide bonds. The normalized spacial score (nSPS) is 10.1. The van der Waals surface area contributed by atoms with Crippen LogP contribution in [0.3, 0.4) is 0 Å². The van der Waals surface area contributed by atoms with Gasteiger partial charge < -0.3 is 20.5 Å². The number of aromatic carboxylic acids is 1. The van der Waals surface area contributed by atoms with Crippen molar-refractivity contribution >= 4 is 12.0 Å². The van der Waals surface area contributed by atoms with Gasteiger partial charge in [-0.2, -0.15) is 0 Å². The van der Waals surface area contributed by atoms with Crippen molar-refractivity contribution in [2.75, 3.05) is 20.3 Å². The van der Waals surface area contributed by atoms with E-state index in [4.69, 9.17) is 9.84 Å². The third kappa shape index (κ3) is 6.14. The third-order valence-electron chi connectivity index (χ3n) is 2.56. The number of carboxylic acid groups (broad SMARTS) is 1. The molecule has 110 valence electrons. The highest BCUT2D eigenvalue weighted by Crippen LogP contribution is 2.00. The lowest BCUT2D eigenvalue weighted by atomic mass is 10.2. The van der Waals surface area contributed by atoms with E-state index >= 15 is 0 Å². The van der Waals surface area contributed by atoms with Gasteiger partial charge in [-0.15, -0.1) is 0 Å². The van der Waals surface area contributed by atoms with Gasteiger partial charge in [-0.3, -0.25) is 0 Å². The van der Waals surface area contributed by atoms with E-state index in [1.54, 1.807) is 13.2 Å². The molecule has 0 spiro atoms. The first-order valence-electron chi connectivity index (χ1n) is 6.32. The van der Waals surface area contributed by atoms with Gasteiger partial charge >= 0.3 is 12.0 Å². The smallest absolute Gasteiger partial charge is 0.354 e. The van der Waals surface area contributed by atoms with Crippen molar-refractivity contribution in [1.82, 2.24) is 15.6 Å². The maximum absolute atomic E-state index is 11.5. The lowest BCUT2D eigenvalue weighted by molar-refractivity contribution is 0.0690. The fraction of sp³-hybridized carbons (Fsp3) is 0.462. The van der Waals surface area contributed by atoms with E-state index in [-0.39, 0.29) is 11.7 Å². The number of nitrogens with zero attached hydrogens (tertiary/aromatic N) is 1. The van der Waals surface area contributed by atoms with Crippen LogP contribution in [-0.4, -0.2) is 42.4 Å². The quantitative estimate of drug-likeness (QED) is 0.617. The van der Waals surface area contributed by atoms with Gasteiger partial charge in [0.05, 0.1) is 0 Å². The molecule has 0 radical (unpaired) electrons. The molecule has 1 aromatic rings. The number of methoxy groups -OCH3 is 1. The summed E-state index contributed by atoms with van der Waals surface area (Å²) in [6.07, 6.45) is 3.19. The second kappa shape index (κ2) is 8.87. The molecule has 0 saturated carbocycles. The first kappa shape index (κ1) is 15.9. The second-order valence-electron chi connectivity index (χ2n) is 4.17. The van der Waals surface area contributed by atoms with Crippen LogP contribution in [0.25, 0.3) is 0 Å². The second-order valence-corrected chi connectivity index (χ2v) is 4.17. The van der Waals surface area contributed by atoms with E-state index < -0.39 is 5.97 Å². The molecule has 0 bridgehead atoms. The van der Waals surface area contributed by atoms with Crippen LogP contribution < -0.4 is 10.6 Å². The molecule has 3 N–H and O–H groups in total. The summed E-state index contributed by atoms with van der Waals surface area (Å²) in [6.45, 7) is 1.58. The molecule has 1 rings (SSSR count). The molecular formula is C13H19N3O4. The van der Waals surface area contributed by atoms with Crippen molar-refractivity contribution in [2.45, 2.75) is 19.4 Å². The van der Waals surface area contributed by atoms with Gasteiger partial charge in [-0.05, 0) is 24.5 Å². The molecule has 1 aromatic heterocycles. The number of hydrogen-bond donors (Lipinski definition) is 3. The number of carboxylic acids is 1. The number of urea groups is 1. The van der Waals surface area contributed by atoms with Crippen LogP contribution in [0.1, 0.15) is 28.9 Å². The Morgan fingerprint density at radius 3 is 2.70 bits per heavy atom. The summed E-state index contributed by atoms with van der Waals surface area (Å²) in [5, 5.41) is 14.1. The van der Waals surface area contributed by atoms with Crippen LogP contribution in [0.5, 0.6) is 0 Å². The van der Waals surface area contributed by atoms with Gasteiger partial charge in [-0.1, -0.05) is 6.07 Å². The van der Waals surface area contributed by atoms with Crippen molar-refractivity contribution < 1.29 is 19.4 Å². The number of ether oxygens (including phenoxy) is 1. The molecule has 0 aliphatic heterocycles. The molecule has 0 atom stereocenters. The number of carbonyl (C=O) groups excluding carboxylic acids is 1. The van der Waals surface area contributed by atoms with Gasteiger partial charge in [0.25, 0.3) is 0 Å². The Morgan fingerprint density at radius 1 is 1.30 bits per heavy atom. The maximum Gasteiger partial charge on any atom is 0.354 e. The average molecular weight is 281 g/mol. The maximum atomic E-state index is 11.5. The number of rotatable bonds is 8. The predicted octanol–water partition coefficient (Wildman–Crippen LogP) is 1.01. The summed E-state index contributed by atoms with van der Waals surface area (Å²) < 4.78 is 4.90. The van der Waals surface area contributed by atoms with E-state index in [0.717, 1.165) is 18.4 Å². The van der Waals surface area contributed by atoms with Crippen molar-refractivity contribution in [1.29, 1.82) is 0 Å². The minimum Gasteiger partial charge on any atom is -0.477 e. The van der Waals surface area contributed by atoms with E-state index in [1.807, 2.05) is 0 Å². The van der Waals surface area contributed by atoms with Gasteiger partial charge in [0.15, 0.2) is 0 Å². The van der Waals surface area contributed by atoms with Gasteiger partial charge in [0.2, 0.25) is 0 Å². The zero-order valence-electron chi connectivity index (χ0n) is 11.4. The number of aromatic nitrogens is 1. The molecule has 7 heteroatoms. The van der Waals surface area contributed by atoms with E-state index in [1.165, 1.54) is 12.3 Å². The van der Waals surface area contributed by atoms with E-state index in [0.29, 0.717) is 19.7 Å². The zero-order valence-corrected chi connectivity index (χ0v) is 11.4. The molecule has 7 nitrogen and oxygen atoms in total. The largest absolute Gasteiger partial charge is 0.477 e. The number of pyridine rings is 1. The molecular weight excluding hydrogens is 262 g/mol. The first-order valence-corrected chi connectivity index (χ1v) is 6.32. The highest BCUT2D eigenvalue weighted by molar-refractivity contribution is 5.85. The Kier molecular flexibility index (Phi) is 7.05. The highest BCUT2D eigenvalue weighted by Gasteiger charge is 2.04. The minimum absolute atomic E-state index is 0.0173. The van der Waals surface area contributed by atoms with Gasteiger partial charge in [0, 0.05) is 33.0 Å². The summed E-state index contributed by atoms with van der Waals surface area (Å²) in [6, 6.07) is 2.77. The van der Waals surface area contributed by atoms with E-state index in [2.05, 4.69) is 15.6 Å². The molecule has 0 fully saturated rings. The number of nitrogens with one attached hydrogen (secondary N) is 2. The zero-order chi connectivity index (χ0) is 14.8. The fourth-order valence-corrected chi connectivity index (χ4v) is 1.47. The molecule has 20 heavy (non-hydrogen) atoms. The van der Waals surface area contributed by atoms with E-state index in [9.17, 15) is 9.59 Å². The Bertz CT molecular complexity index is 434. The van der Waals surface area contributed by atoms with Crippen molar-refractivity contribution in [3.8, 4) is 0 Å². The van der Waals surface area contributed by atoms with Crippen molar-refractivity contribution in [2.24, 2.45) is 0 Å². The number of unbranched alkanes of at least 4 members (excludes halogenated alkanes) is 1. The van der Waals surface area contributed by atoms with Gasteiger partial charge in [-0.25, -0.2) is 14.6 Å². The van der Waals surface area contributed by atoms with Crippen LogP contribution >= 0.6 is 0 Å². The Balaban J connectivity index is 2.22. The fourth-order valence-electron chi connectivity index (χ4n) is 1.47. The first-order chi connectivity index (χ1) is 9.63.